The molecule has 0 spiro atoms. The van der Waals surface area contributed by atoms with Gasteiger partial charge in [-0.1, -0.05) is 25.1 Å². The summed E-state index contributed by atoms with van der Waals surface area (Å²) in [6.07, 6.45) is 5.61. The van der Waals surface area contributed by atoms with Gasteiger partial charge in [-0.05, 0) is 18.1 Å². The van der Waals surface area contributed by atoms with Gasteiger partial charge < -0.3 is 4.74 Å². The molecule has 0 amide bonds. The Morgan fingerprint density at radius 2 is 2.05 bits per heavy atom. The van der Waals surface area contributed by atoms with Crippen LogP contribution in [0.4, 0.5) is 0 Å². The van der Waals surface area contributed by atoms with E-state index in [-0.39, 0.29) is 11.8 Å². The fourth-order valence-electron chi connectivity index (χ4n) is 2.58. The molecular weight excluding hydrogens is 240 g/mol. The van der Waals surface area contributed by atoms with Gasteiger partial charge in [0.1, 0.15) is 11.9 Å². The van der Waals surface area contributed by atoms with Crippen LogP contribution in [0.15, 0.2) is 41.5 Å². The third kappa shape index (κ3) is 2.30. The van der Waals surface area contributed by atoms with Crippen molar-refractivity contribution in [3.05, 3.63) is 52.7 Å². The van der Waals surface area contributed by atoms with Gasteiger partial charge in [-0.25, -0.2) is 4.79 Å². The Hall–Kier alpha value is -1.97. The van der Waals surface area contributed by atoms with Crippen LogP contribution in [0.3, 0.4) is 0 Å². The van der Waals surface area contributed by atoms with Crippen LogP contribution in [0.5, 0.6) is 5.75 Å². The predicted octanol–water partition coefficient (Wildman–Crippen LogP) is 2.06. The van der Waals surface area contributed by atoms with E-state index < -0.39 is 0 Å². The van der Waals surface area contributed by atoms with Gasteiger partial charge in [0.15, 0.2) is 0 Å². The first-order valence-electron chi connectivity index (χ1n) is 6.78. The molecule has 0 fully saturated rings. The van der Waals surface area contributed by atoms with Crippen LogP contribution < -0.4 is 10.4 Å². The molecule has 1 aromatic carbocycles. The van der Waals surface area contributed by atoms with Crippen molar-refractivity contribution in [2.24, 2.45) is 0 Å². The molecule has 0 saturated carbocycles. The maximum atomic E-state index is 12.1. The van der Waals surface area contributed by atoms with Crippen molar-refractivity contribution >= 4 is 0 Å². The highest BCUT2D eigenvalue weighted by atomic mass is 16.5. The van der Waals surface area contributed by atoms with E-state index in [0.29, 0.717) is 6.54 Å². The maximum Gasteiger partial charge on any atom is 0.328 e. The second-order valence-electron chi connectivity index (χ2n) is 4.98. The van der Waals surface area contributed by atoms with E-state index in [1.54, 1.807) is 9.13 Å². The van der Waals surface area contributed by atoms with Crippen molar-refractivity contribution in [2.75, 3.05) is 0 Å². The van der Waals surface area contributed by atoms with Crippen molar-refractivity contribution in [1.82, 2.24) is 9.13 Å². The molecule has 0 bridgehead atoms. The number of ether oxygens (including phenoxy) is 1. The van der Waals surface area contributed by atoms with Crippen LogP contribution in [-0.2, 0) is 19.5 Å². The van der Waals surface area contributed by atoms with E-state index in [2.05, 4.69) is 13.0 Å². The SMILES string of the molecule is CCCn1ccn(CC2Cc3ccccc3O2)c1=O. The van der Waals surface area contributed by atoms with Gasteiger partial charge in [-0.15, -0.1) is 0 Å². The highest BCUT2D eigenvalue weighted by molar-refractivity contribution is 5.37. The molecule has 0 N–H and O–H groups in total. The summed E-state index contributed by atoms with van der Waals surface area (Å²) in [5, 5.41) is 0. The van der Waals surface area contributed by atoms with Crippen LogP contribution in [0.25, 0.3) is 0 Å². The Bertz CT molecular complexity index is 602. The Morgan fingerprint density at radius 3 is 2.84 bits per heavy atom. The number of imidazole rings is 1. The molecule has 2 heterocycles. The van der Waals surface area contributed by atoms with E-state index in [0.717, 1.165) is 25.1 Å². The predicted molar refractivity (Wildman–Crippen MR) is 73.5 cm³/mol. The fraction of sp³-hybridized carbons (Fsp3) is 0.400. The Balaban J connectivity index is 1.73. The summed E-state index contributed by atoms with van der Waals surface area (Å²) in [7, 11) is 0. The van der Waals surface area contributed by atoms with E-state index in [1.165, 1.54) is 5.56 Å². The van der Waals surface area contributed by atoms with E-state index >= 15 is 0 Å². The van der Waals surface area contributed by atoms with Crippen molar-refractivity contribution in [1.29, 1.82) is 0 Å². The number of benzene rings is 1. The zero-order valence-electron chi connectivity index (χ0n) is 11.1. The number of para-hydroxylation sites is 1. The van der Waals surface area contributed by atoms with Crippen LogP contribution in [-0.4, -0.2) is 15.2 Å². The zero-order valence-corrected chi connectivity index (χ0v) is 11.1. The number of fused-ring (bicyclic) bond motifs is 1. The van der Waals surface area contributed by atoms with Crippen molar-refractivity contribution in [2.45, 2.75) is 39.0 Å². The fourth-order valence-corrected chi connectivity index (χ4v) is 2.58. The first-order valence-corrected chi connectivity index (χ1v) is 6.78. The molecule has 1 aromatic heterocycles. The van der Waals surface area contributed by atoms with E-state index in [4.69, 9.17) is 4.74 Å². The first kappa shape index (κ1) is 12.1. The molecule has 0 radical (unpaired) electrons. The monoisotopic (exact) mass is 258 g/mol. The number of rotatable bonds is 4. The van der Waals surface area contributed by atoms with Crippen LogP contribution in [0.1, 0.15) is 18.9 Å². The summed E-state index contributed by atoms with van der Waals surface area (Å²) in [5.41, 5.74) is 1.29. The van der Waals surface area contributed by atoms with E-state index in [9.17, 15) is 4.79 Å². The van der Waals surface area contributed by atoms with Crippen LogP contribution >= 0.6 is 0 Å². The minimum absolute atomic E-state index is 0.0569. The van der Waals surface area contributed by atoms with Crippen molar-refractivity contribution in [3.63, 3.8) is 0 Å². The lowest BCUT2D eigenvalue weighted by atomic mass is 10.1. The van der Waals surface area contributed by atoms with Crippen molar-refractivity contribution < 1.29 is 4.74 Å². The number of hydrogen-bond donors (Lipinski definition) is 0. The number of aryl methyl sites for hydroxylation is 1. The van der Waals surface area contributed by atoms with Gasteiger partial charge in [-0.3, -0.25) is 9.13 Å². The van der Waals surface area contributed by atoms with Gasteiger partial charge in [-0.2, -0.15) is 0 Å². The summed E-state index contributed by atoms with van der Waals surface area (Å²) in [4.78, 5) is 12.1. The first-order chi connectivity index (χ1) is 9.28. The lowest BCUT2D eigenvalue weighted by molar-refractivity contribution is 0.207. The molecule has 0 aliphatic carbocycles. The molecule has 1 atom stereocenters. The zero-order chi connectivity index (χ0) is 13.2. The van der Waals surface area contributed by atoms with Gasteiger partial charge in [0.25, 0.3) is 0 Å². The summed E-state index contributed by atoms with van der Waals surface area (Å²) >= 11 is 0. The topological polar surface area (TPSA) is 36.2 Å². The highest BCUT2D eigenvalue weighted by Gasteiger charge is 2.23. The Kier molecular flexibility index (Phi) is 3.15. The molecule has 1 unspecified atom stereocenters. The molecule has 19 heavy (non-hydrogen) atoms. The minimum atomic E-state index is 0.0569. The number of hydrogen-bond acceptors (Lipinski definition) is 2. The molecule has 4 heteroatoms. The molecule has 2 aromatic rings. The molecule has 1 aliphatic rings. The Morgan fingerprint density at radius 1 is 1.26 bits per heavy atom. The van der Waals surface area contributed by atoms with Crippen LogP contribution in [0.2, 0.25) is 0 Å². The molecule has 100 valence electrons. The average molecular weight is 258 g/mol. The van der Waals surface area contributed by atoms with Crippen LogP contribution in [0, 0.1) is 0 Å². The normalized spacial score (nSPS) is 17.2. The average Bonchev–Trinajstić information content (AvgIpc) is 2.96. The summed E-state index contributed by atoms with van der Waals surface area (Å²) in [6, 6.07) is 8.07. The quantitative estimate of drug-likeness (QED) is 0.841. The summed E-state index contributed by atoms with van der Waals surface area (Å²) < 4.78 is 9.36. The summed E-state index contributed by atoms with van der Waals surface area (Å²) in [6.45, 7) is 3.46. The van der Waals surface area contributed by atoms with Crippen molar-refractivity contribution in [3.8, 4) is 5.75 Å². The second-order valence-corrected chi connectivity index (χ2v) is 4.98. The molecule has 0 saturated heterocycles. The lowest BCUT2D eigenvalue weighted by Crippen LogP contribution is -2.30. The van der Waals surface area contributed by atoms with Gasteiger partial charge >= 0.3 is 5.69 Å². The molecular formula is C15H18N2O2. The molecule has 1 aliphatic heterocycles. The highest BCUT2D eigenvalue weighted by Crippen LogP contribution is 2.28. The maximum absolute atomic E-state index is 12.1. The second kappa shape index (κ2) is 4.96. The minimum Gasteiger partial charge on any atom is -0.488 e. The standard InChI is InChI=1S/C15H18N2O2/c1-2-7-16-8-9-17(15(16)18)11-13-10-12-5-3-4-6-14(12)19-13/h3-6,8-9,13H,2,7,10-11H2,1H3. The third-order valence-electron chi connectivity index (χ3n) is 3.50. The largest absolute Gasteiger partial charge is 0.488 e. The third-order valence-corrected chi connectivity index (χ3v) is 3.50. The molecule has 4 nitrogen and oxygen atoms in total. The smallest absolute Gasteiger partial charge is 0.328 e. The van der Waals surface area contributed by atoms with Gasteiger partial charge in [0.05, 0.1) is 6.54 Å². The molecule has 3 rings (SSSR count). The van der Waals surface area contributed by atoms with E-state index in [1.807, 2.05) is 30.6 Å². The lowest BCUT2D eigenvalue weighted by Gasteiger charge is -2.10. The Labute approximate surface area is 112 Å². The van der Waals surface area contributed by atoms with Gasteiger partial charge in [0, 0.05) is 25.4 Å². The van der Waals surface area contributed by atoms with Gasteiger partial charge in [0.2, 0.25) is 0 Å². The number of nitrogens with zero attached hydrogens (tertiary/aromatic N) is 2. The summed E-state index contributed by atoms with van der Waals surface area (Å²) in [5.74, 6) is 0.952. The number of aromatic nitrogens is 2.